The van der Waals surface area contributed by atoms with Gasteiger partial charge in [0.15, 0.2) is 0 Å². The zero-order valence-electron chi connectivity index (χ0n) is 10.9. The second-order valence-electron chi connectivity index (χ2n) is 5.20. The van der Waals surface area contributed by atoms with Crippen LogP contribution in [0.1, 0.15) is 44.1 Å². The van der Waals surface area contributed by atoms with Gasteiger partial charge in [-0.15, -0.1) is 0 Å². The molecule has 0 amide bonds. The molecule has 2 nitrogen and oxygen atoms in total. The van der Waals surface area contributed by atoms with Crippen LogP contribution >= 0.6 is 0 Å². The molecule has 1 aromatic rings. The molecule has 0 bridgehead atoms. The summed E-state index contributed by atoms with van der Waals surface area (Å²) >= 11 is 0. The molecular weight excluding hydrogens is 243 g/mol. The second-order valence-corrected chi connectivity index (χ2v) is 5.20. The zero-order valence-corrected chi connectivity index (χ0v) is 10.9. The molecule has 0 aliphatic heterocycles. The smallest absolute Gasteiger partial charge is 0.307 e. The van der Waals surface area contributed by atoms with E-state index in [9.17, 15) is 9.18 Å². The van der Waals surface area contributed by atoms with Crippen LogP contribution in [0, 0.1) is 5.82 Å². The lowest BCUT2D eigenvalue weighted by molar-refractivity contribution is -0.136. The van der Waals surface area contributed by atoms with Crippen molar-refractivity contribution in [3.63, 3.8) is 0 Å². The standard InChI is InChI=1S/C16H19FO2/c17-14-8-3-2-7-13(14)16(10-4-1-5-11-16)12-6-9-15(18)19/h2-3,6-8,12H,1,4-5,9-11H2,(H,18,19)/b12-6+. The van der Waals surface area contributed by atoms with E-state index in [1.54, 1.807) is 12.1 Å². The maximum atomic E-state index is 14.1. The third-order valence-corrected chi connectivity index (χ3v) is 3.89. The van der Waals surface area contributed by atoms with Gasteiger partial charge in [-0.1, -0.05) is 49.6 Å². The quantitative estimate of drug-likeness (QED) is 0.831. The first-order valence-electron chi connectivity index (χ1n) is 6.78. The zero-order chi connectivity index (χ0) is 13.7. The summed E-state index contributed by atoms with van der Waals surface area (Å²) in [5, 5.41) is 8.73. The Labute approximate surface area is 113 Å². The average Bonchev–Trinajstić information content (AvgIpc) is 2.40. The number of carbonyl (C=O) groups is 1. The van der Waals surface area contributed by atoms with Crippen molar-refractivity contribution in [2.45, 2.75) is 43.9 Å². The molecule has 102 valence electrons. The van der Waals surface area contributed by atoms with Gasteiger partial charge >= 0.3 is 5.97 Å². The van der Waals surface area contributed by atoms with Crippen LogP contribution in [0.4, 0.5) is 4.39 Å². The first-order chi connectivity index (χ1) is 9.14. The number of allylic oxidation sites excluding steroid dienone is 1. The summed E-state index contributed by atoms with van der Waals surface area (Å²) < 4.78 is 14.1. The number of hydrogen-bond donors (Lipinski definition) is 1. The van der Waals surface area contributed by atoms with Crippen molar-refractivity contribution in [2.75, 3.05) is 0 Å². The molecule has 0 spiro atoms. The number of aliphatic carboxylic acids is 1. The number of rotatable bonds is 4. The third-order valence-electron chi connectivity index (χ3n) is 3.89. The summed E-state index contributed by atoms with van der Waals surface area (Å²) in [6.45, 7) is 0. The Morgan fingerprint density at radius 2 is 1.95 bits per heavy atom. The number of carboxylic acid groups (broad SMARTS) is 1. The molecule has 2 rings (SSSR count). The molecule has 0 radical (unpaired) electrons. The van der Waals surface area contributed by atoms with E-state index in [2.05, 4.69) is 0 Å². The van der Waals surface area contributed by atoms with Crippen molar-refractivity contribution in [3.05, 3.63) is 47.8 Å². The lowest BCUT2D eigenvalue weighted by Gasteiger charge is -2.35. The van der Waals surface area contributed by atoms with Gasteiger partial charge in [0.1, 0.15) is 5.82 Å². The maximum Gasteiger partial charge on any atom is 0.307 e. The van der Waals surface area contributed by atoms with Gasteiger partial charge in [0.05, 0.1) is 6.42 Å². The van der Waals surface area contributed by atoms with E-state index in [0.29, 0.717) is 5.56 Å². The highest BCUT2D eigenvalue weighted by molar-refractivity contribution is 5.68. The van der Waals surface area contributed by atoms with Crippen LogP contribution in [0.15, 0.2) is 36.4 Å². The maximum absolute atomic E-state index is 14.1. The number of carboxylic acids is 1. The molecule has 1 aliphatic rings. The van der Waals surface area contributed by atoms with Crippen LogP contribution in [0.2, 0.25) is 0 Å². The van der Waals surface area contributed by atoms with Crippen molar-refractivity contribution in [2.24, 2.45) is 0 Å². The molecule has 3 heteroatoms. The topological polar surface area (TPSA) is 37.3 Å². The van der Waals surface area contributed by atoms with Gasteiger partial charge < -0.3 is 5.11 Å². The highest BCUT2D eigenvalue weighted by atomic mass is 19.1. The number of hydrogen-bond acceptors (Lipinski definition) is 1. The Bertz CT molecular complexity index is 473. The number of benzene rings is 1. The van der Waals surface area contributed by atoms with E-state index >= 15 is 0 Å². The molecule has 1 aliphatic carbocycles. The van der Waals surface area contributed by atoms with Gasteiger partial charge in [-0.2, -0.15) is 0 Å². The first kappa shape index (κ1) is 13.8. The van der Waals surface area contributed by atoms with Crippen LogP contribution < -0.4 is 0 Å². The molecule has 1 fully saturated rings. The lowest BCUT2D eigenvalue weighted by atomic mass is 9.69. The number of halogens is 1. The van der Waals surface area contributed by atoms with Crippen molar-refractivity contribution in [1.29, 1.82) is 0 Å². The molecule has 1 saturated carbocycles. The Kier molecular flexibility index (Phi) is 4.35. The predicted molar refractivity (Wildman–Crippen MR) is 72.6 cm³/mol. The van der Waals surface area contributed by atoms with Gasteiger partial charge in [-0.05, 0) is 24.5 Å². The Balaban J connectivity index is 2.32. The molecule has 1 aromatic carbocycles. The molecule has 0 saturated heterocycles. The molecule has 1 N–H and O–H groups in total. The minimum atomic E-state index is -0.851. The minimum absolute atomic E-state index is 0.00377. The predicted octanol–water partition coefficient (Wildman–Crippen LogP) is 4.06. The van der Waals surface area contributed by atoms with E-state index in [4.69, 9.17) is 5.11 Å². The lowest BCUT2D eigenvalue weighted by Crippen LogP contribution is -2.28. The SMILES string of the molecule is O=C(O)C/C=C/C1(c2ccccc2F)CCCCC1. The van der Waals surface area contributed by atoms with E-state index in [1.165, 1.54) is 12.5 Å². The summed E-state index contributed by atoms with van der Waals surface area (Å²) in [6.07, 6.45) is 8.66. The van der Waals surface area contributed by atoms with Gasteiger partial charge in [0.2, 0.25) is 0 Å². The fourth-order valence-electron chi connectivity index (χ4n) is 2.96. The molecular formula is C16H19FO2. The van der Waals surface area contributed by atoms with Crippen molar-refractivity contribution in [1.82, 2.24) is 0 Å². The van der Waals surface area contributed by atoms with Crippen LogP contribution in [0.25, 0.3) is 0 Å². The normalized spacial score (nSPS) is 18.6. The fourth-order valence-corrected chi connectivity index (χ4v) is 2.96. The van der Waals surface area contributed by atoms with Crippen LogP contribution in [-0.4, -0.2) is 11.1 Å². The molecule has 0 unspecified atom stereocenters. The minimum Gasteiger partial charge on any atom is -0.481 e. The monoisotopic (exact) mass is 262 g/mol. The van der Waals surface area contributed by atoms with E-state index in [0.717, 1.165) is 25.7 Å². The van der Waals surface area contributed by atoms with Crippen molar-refractivity contribution in [3.8, 4) is 0 Å². The highest BCUT2D eigenvalue weighted by Gasteiger charge is 2.33. The van der Waals surface area contributed by atoms with E-state index in [-0.39, 0.29) is 17.7 Å². The van der Waals surface area contributed by atoms with Crippen LogP contribution in [0.3, 0.4) is 0 Å². The largest absolute Gasteiger partial charge is 0.481 e. The second kappa shape index (κ2) is 6.00. The Morgan fingerprint density at radius 1 is 1.26 bits per heavy atom. The summed E-state index contributed by atoms with van der Waals surface area (Å²) in [7, 11) is 0. The van der Waals surface area contributed by atoms with Crippen molar-refractivity contribution < 1.29 is 14.3 Å². The average molecular weight is 262 g/mol. The summed E-state index contributed by atoms with van der Waals surface area (Å²) in [5.74, 6) is -1.04. The molecule has 19 heavy (non-hydrogen) atoms. The third kappa shape index (κ3) is 3.22. The van der Waals surface area contributed by atoms with Gasteiger partial charge in [-0.25, -0.2) is 4.39 Å². The molecule has 0 heterocycles. The van der Waals surface area contributed by atoms with Gasteiger partial charge in [-0.3, -0.25) is 4.79 Å². The fraction of sp³-hybridized carbons (Fsp3) is 0.438. The molecule has 0 atom stereocenters. The van der Waals surface area contributed by atoms with Crippen LogP contribution in [0.5, 0.6) is 0 Å². The Morgan fingerprint density at radius 3 is 2.58 bits per heavy atom. The Hall–Kier alpha value is -1.64. The van der Waals surface area contributed by atoms with Crippen LogP contribution in [-0.2, 0) is 10.2 Å². The van der Waals surface area contributed by atoms with E-state index in [1.807, 2.05) is 18.2 Å². The van der Waals surface area contributed by atoms with Crippen molar-refractivity contribution >= 4 is 5.97 Å². The van der Waals surface area contributed by atoms with Gasteiger partial charge in [0.25, 0.3) is 0 Å². The molecule has 0 aromatic heterocycles. The summed E-state index contributed by atoms with van der Waals surface area (Å²) in [5.41, 5.74) is 0.385. The summed E-state index contributed by atoms with van der Waals surface area (Å²) in [6, 6.07) is 6.85. The highest BCUT2D eigenvalue weighted by Crippen LogP contribution is 2.41. The first-order valence-corrected chi connectivity index (χ1v) is 6.78. The van der Waals surface area contributed by atoms with E-state index < -0.39 is 5.97 Å². The summed E-state index contributed by atoms with van der Waals surface area (Å²) in [4.78, 5) is 10.6. The van der Waals surface area contributed by atoms with Gasteiger partial charge in [0, 0.05) is 5.41 Å².